The van der Waals surface area contributed by atoms with E-state index in [4.69, 9.17) is 5.26 Å². The first-order valence-corrected chi connectivity index (χ1v) is 6.36. The van der Waals surface area contributed by atoms with E-state index in [2.05, 4.69) is 24.3 Å². The number of aryl methyl sites for hydroxylation is 1. The summed E-state index contributed by atoms with van der Waals surface area (Å²) in [5, 5.41) is 8.84. The first kappa shape index (κ1) is 9.90. The molecule has 3 rings (SSSR count). The summed E-state index contributed by atoms with van der Waals surface area (Å²) in [5.41, 5.74) is 4.78. The fourth-order valence-electron chi connectivity index (χ4n) is 3.59. The summed E-state index contributed by atoms with van der Waals surface area (Å²) in [7, 11) is 0. The lowest BCUT2D eigenvalue weighted by molar-refractivity contribution is 0.375. The van der Waals surface area contributed by atoms with Gasteiger partial charge in [0, 0.05) is 6.42 Å². The van der Waals surface area contributed by atoms with E-state index in [0.717, 1.165) is 18.8 Å². The first-order valence-electron chi connectivity index (χ1n) is 6.36. The third-order valence-corrected chi connectivity index (χ3v) is 4.20. The molecule has 0 unspecified atom stereocenters. The predicted molar refractivity (Wildman–Crippen MR) is 64.2 cm³/mol. The monoisotopic (exact) mass is 211 g/mol. The molecule has 2 atom stereocenters. The van der Waals surface area contributed by atoms with Gasteiger partial charge < -0.3 is 0 Å². The molecule has 0 spiro atoms. The molecular formula is C15H17N. The Morgan fingerprint density at radius 1 is 1.31 bits per heavy atom. The van der Waals surface area contributed by atoms with Crippen molar-refractivity contribution in [2.24, 2.45) is 5.92 Å². The molecule has 1 heteroatoms. The Labute approximate surface area is 97.1 Å². The van der Waals surface area contributed by atoms with Gasteiger partial charge in [-0.3, -0.25) is 0 Å². The zero-order valence-corrected chi connectivity index (χ0v) is 9.58. The van der Waals surface area contributed by atoms with Crippen LogP contribution in [0.1, 0.15) is 48.3 Å². The van der Waals surface area contributed by atoms with E-state index in [0.29, 0.717) is 5.92 Å². The van der Waals surface area contributed by atoms with Crippen molar-refractivity contribution >= 4 is 0 Å². The molecule has 1 nitrogen and oxygen atoms in total. The van der Waals surface area contributed by atoms with Crippen LogP contribution in [-0.4, -0.2) is 0 Å². The minimum absolute atomic E-state index is 0.607. The molecule has 0 bridgehead atoms. The van der Waals surface area contributed by atoms with Gasteiger partial charge in [0.05, 0.1) is 6.07 Å². The van der Waals surface area contributed by atoms with Crippen molar-refractivity contribution in [2.75, 3.05) is 0 Å². The Kier molecular flexibility index (Phi) is 2.44. The Bertz CT molecular complexity index is 441. The van der Waals surface area contributed by atoms with E-state index in [-0.39, 0.29) is 0 Å². The summed E-state index contributed by atoms with van der Waals surface area (Å²) in [6, 6.07) is 9.12. The van der Waals surface area contributed by atoms with Crippen molar-refractivity contribution in [3.63, 3.8) is 0 Å². The van der Waals surface area contributed by atoms with Gasteiger partial charge in [-0.25, -0.2) is 0 Å². The fraction of sp³-hybridized carbons (Fsp3) is 0.533. The zero-order valence-electron chi connectivity index (χ0n) is 9.58. The highest BCUT2D eigenvalue weighted by Crippen LogP contribution is 2.43. The van der Waals surface area contributed by atoms with Crippen molar-refractivity contribution in [3.05, 3.63) is 34.9 Å². The van der Waals surface area contributed by atoms with Crippen LogP contribution in [-0.2, 0) is 12.8 Å². The fourth-order valence-corrected chi connectivity index (χ4v) is 3.59. The van der Waals surface area contributed by atoms with E-state index in [1.54, 1.807) is 11.1 Å². The molecule has 0 aliphatic heterocycles. The highest BCUT2D eigenvalue weighted by atomic mass is 14.4. The molecule has 0 N–H and O–H groups in total. The molecule has 2 aliphatic rings. The number of hydrogen-bond donors (Lipinski definition) is 0. The first-order chi connectivity index (χ1) is 7.88. The maximum absolute atomic E-state index is 8.84. The maximum Gasteiger partial charge on any atom is 0.0624 e. The Balaban J connectivity index is 2.00. The van der Waals surface area contributed by atoms with Crippen LogP contribution in [0.25, 0.3) is 0 Å². The molecular weight excluding hydrogens is 194 g/mol. The van der Waals surface area contributed by atoms with Crippen LogP contribution in [0.5, 0.6) is 0 Å². The lowest BCUT2D eigenvalue weighted by atomic mass is 9.69. The van der Waals surface area contributed by atoms with Gasteiger partial charge in [-0.15, -0.1) is 0 Å². The zero-order chi connectivity index (χ0) is 11.0. The summed E-state index contributed by atoms with van der Waals surface area (Å²) >= 11 is 0. The van der Waals surface area contributed by atoms with E-state index < -0.39 is 0 Å². The van der Waals surface area contributed by atoms with Crippen molar-refractivity contribution in [1.29, 1.82) is 5.26 Å². The average Bonchev–Trinajstić information content (AvgIpc) is 2.30. The van der Waals surface area contributed by atoms with Crippen LogP contribution >= 0.6 is 0 Å². The molecule has 1 aromatic carbocycles. The minimum Gasteiger partial charge on any atom is -0.198 e. The molecule has 0 fully saturated rings. The van der Waals surface area contributed by atoms with Crippen molar-refractivity contribution in [1.82, 2.24) is 0 Å². The largest absolute Gasteiger partial charge is 0.198 e. The molecule has 0 amide bonds. The summed E-state index contributed by atoms with van der Waals surface area (Å²) in [5.74, 6) is 1.36. The van der Waals surface area contributed by atoms with Gasteiger partial charge in [0.2, 0.25) is 0 Å². The lowest BCUT2D eigenvalue weighted by Crippen LogP contribution is -2.22. The topological polar surface area (TPSA) is 23.8 Å². The van der Waals surface area contributed by atoms with Gasteiger partial charge in [0.25, 0.3) is 0 Å². The van der Waals surface area contributed by atoms with Crippen LogP contribution < -0.4 is 0 Å². The van der Waals surface area contributed by atoms with Gasteiger partial charge in [-0.05, 0) is 60.6 Å². The quantitative estimate of drug-likeness (QED) is 0.696. The van der Waals surface area contributed by atoms with E-state index >= 15 is 0 Å². The average molecular weight is 211 g/mol. The molecule has 16 heavy (non-hydrogen) atoms. The van der Waals surface area contributed by atoms with Gasteiger partial charge in [0.1, 0.15) is 0 Å². The van der Waals surface area contributed by atoms with Gasteiger partial charge >= 0.3 is 0 Å². The molecule has 0 heterocycles. The third-order valence-electron chi connectivity index (χ3n) is 4.20. The number of benzene rings is 1. The van der Waals surface area contributed by atoms with E-state index in [1.807, 2.05) is 0 Å². The van der Waals surface area contributed by atoms with Gasteiger partial charge in [-0.2, -0.15) is 5.26 Å². The molecule has 0 radical (unpaired) electrons. The van der Waals surface area contributed by atoms with Crippen molar-refractivity contribution in [2.45, 2.75) is 44.4 Å². The number of rotatable bonds is 1. The molecule has 0 saturated heterocycles. The molecule has 1 aromatic rings. The number of hydrogen-bond acceptors (Lipinski definition) is 1. The summed E-state index contributed by atoms with van der Waals surface area (Å²) < 4.78 is 0. The lowest BCUT2D eigenvalue weighted by Gasteiger charge is -2.35. The SMILES string of the molecule is N#CC[C@@H]1Cc2cccc3c2[C@H](CCC3)C1. The summed E-state index contributed by atoms with van der Waals surface area (Å²) in [6.45, 7) is 0. The second kappa shape index (κ2) is 3.94. The second-order valence-corrected chi connectivity index (χ2v) is 5.25. The summed E-state index contributed by atoms with van der Waals surface area (Å²) in [4.78, 5) is 0. The summed E-state index contributed by atoms with van der Waals surface area (Å²) in [6.07, 6.45) is 7.06. The van der Waals surface area contributed by atoms with Crippen LogP contribution in [0.15, 0.2) is 18.2 Å². The Hall–Kier alpha value is -1.29. The van der Waals surface area contributed by atoms with Crippen molar-refractivity contribution in [3.8, 4) is 6.07 Å². The van der Waals surface area contributed by atoms with Gasteiger partial charge in [0.15, 0.2) is 0 Å². The third kappa shape index (κ3) is 1.53. The Morgan fingerprint density at radius 3 is 3.06 bits per heavy atom. The van der Waals surface area contributed by atoms with Crippen LogP contribution in [0, 0.1) is 17.2 Å². The molecule has 2 aliphatic carbocycles. The highest BCUT2D eigenvalue weighted by molar-refractivity contribution is 5.41. The number of nitriles is 1. The second-order valence-electron chi connectivity index (χ2n) is 5.25. The molecule has 0 aromatic heterocycles. The van der Waals surface area contributed by atoms with Crippen LogP contribution in [0.2, 0.25) is 0 Å². The maximum atomic E-state index is 8.84. The Morgan fingerprint density at radius 2 is 2.19 bits per heavy atom. The van der Waals surface area contributed by atoms with Gasteiger partial charge in [-0.1, -0.05) is 18.2 Å². The number of nitrogens with zero attached hydrogens (tertiary/aromatic N) is 1. The van der Waals surface area contributed by atoms with E-state index in [1.165, 1.54) is 31.2 Å². The van der Waals surface area contributed by atoms with E-state index in [9.17, 15) is 0 Å². The smallest absolute Gasteiger partial charge is 0.0624 e. The molecule has 82 valence electrons. The highest BCUT2D eigenvalue weighted by Gasteiger charge is 2.30. The van der Waals surface area contributed by atoms with Crippen LogP contribution in [0.4, 0.5) is 0 Å². The predicted octanol–water partition coefficient (Wildman–Crippen LogP) is 3.58. The minimum atomic E-state index is 0.607. The van der Waals surface area contributed by atoms with Crippen LogP contribution in [0.3, 0.4) is 0 Å². The van der Waals surface area contributed by atoms with Crippen molar-refractivity contribution < 1.29 is 0 Å². The normalized spacial score (nSPS) is 26.9. The standard InChI is InChI=1S/C15H17N/c16-8-7-11-9-13-5-1-3-12-4-2-6-14(10-11)15(12)13/h1,3,5,11,14H,2,4,6-7,9-10H2/t11-,14-/m1/s1. The molecule has 0 saturated carbocycles.